The summed E-state index contributed by atoms with van der Waals surface area (Å²) in [6.45, 7) is -0.175. The second kappa shape index (κ2) is 25.4. The minimum atomic E-state index is -4.14. The number of carbonyl (C=O) groups is 4. The highest BCUT2D eigenvalue weighted by atomic mass is 32.2. The fourth-order valence-electron chi connectivity index (χ4n) is 8.21. The van der Waals surface area contributed by atoms with Crippen molar-refractivity contribution < 1.29 is 65.4 Å². The van der Waals surface area contributed by atoms with E-state index in [4.69, 9.17) is 29.4 Å². The number of Topliss-reactive ketones (excluding diaryl/α,β-unsaturated/α-hetero) is 1. The Hall–Kier alpha value is -7.26. The molecule has 2 aliphatic rings. The number of nitrogens with one attached hydrogen (secondary N) is 3. The van der Waals surface area contributed by atoms with Crippen molar-refractivity contribution in [2.24, 2.45) is 0 Å². The van der Waals surface area contributed by atoms with Gasteiger partial charge >= 0.3 is 0 Å². The molecule has 17 nitrogen and oxygen atoms in total. The zero-order chi connectivity index (χ0) is 50.5. The summed E-state index contributed by atoms with van der Waals surface area (Å²) in [5.41, 5.74) is 8.00. The first-order chi connectivity index (χ1) is 34.2. The summed E-state index contributed by atoms with van der Waals surface area (Å²) >= 11 is 0. The van der Waals surface area contributed by atoms with Gasteiger partial charge in [0.1, 0.15) is 11.5 Å². The molecule has 0 bridgehead atoms. The smallest absolute Gasteiger partial charge is 0.265 e. The van der Waals surface area contributed by atoms with Crippen LogP contribution >= 0.6 is 0 Å². The van der Waals surface area contributed by atoms with E-state index in [-0.39, 0.29) is 107 Å². The highest BCUT2D eigenvalue weighted by molar-refractivity contribution is 7.94. The van der Waals surface area contributed by atoms with Gasteiger partial charge in [0, 0.05) is 37.7 Å². The molecule has 0 aliphatic carbocycles. The first-order valence-corrected chi connectivity index (χ1v) is 25.3. The second-order valence-corrected chi connectivity index (χ2v) is 21.0. The molecule has 0 radical (unpaired) electrons. The summed E-state index contributed by atoms with van der Waals surface area (Å²) in [7, 11) is -8.27. The van der Waals surface area contributed by atoms with Gasteiger partial charge in [0.25, 0.3) is 17.7 Å². The predicted octanol–water partition coefficient (Wildman–Crippen LogP) is 7.92. The molecule has 2 aliphatic heterocycles. The fraction of sp³-hybridized carbons (Fsp3) is 0.259. The van der Waals surface area contributed by atoms with Crippen LogP contribution in [0.1, 0.15) is 50.9 Å². The van der Waals surface area contributed by atoms with E-state index >= 15 is 0 Å². The van der Waals surface area contributed by atoms with E-state index in [2.05, 4.69) is 5.32 Å². The van der Waals surface area contributed by atoms with Crippen LogP contribution in [0.5, 0.6) is 11.5 Å². The average Bonchev–Trinajstić information content (AvgIpc) is 3.42. The second-order valence-electron chi connectivity index (χ2n) is 16.5. The molecule has 73 heavy (non-hydrogen) atoms. The standard InChI is InChI=1S/C26H26N2O7S.C26H25NO7S.2CH4/c29-24(27-21-8-4-7-20(17-21)19-5-2-1-3-6-19)18-35-22-9-11-23(12-10-22)36(32,33)26(25(30)28-31)13-15-34-16-14-26;28-24(21-8-4-7-20(17-21)19-5-2-1-3-6-19)18-34-22-9-11-23(12-10-22)35(31,32)26(25(29)27-30)13-15-33-16-14-26;;/h1-12,17,31H,13-16,18H2,(H,27,29)(H,28,30);1-12,17,30H,13-16,18H2,(H,27,29);2*1H4. The van der Waals surface area contributed by atoms with Crippen molar-refractivity contribution in [1.82, 2.24) is 11.0 Å². The van der Waals surface area contributed by atoms with Crippen LogP contribution in [-0.2, 0) is 43.5 Å². The third-order valence-corrected chi connectivity index (χ3v) is 17.2. The molecule has 2 saturated heterocycles. The number of anilines is 1. The molecule has 6 aromatic rings. The number of carbonyl (C=O) groups excluding carboxylic acids is 4. The first kappa shape index (κ1) is 56.7. The fourth-order valence-corrected chi connectivity index (χ4v) is 12.1. The molecular formula is C54H59N3O14S2. The number of benzene rings is 6. The van der Waals surface area contributed by atoms with Gasteiger partial charge in [0.15, 0.2) is 48.2 Å². The Morgan fingerprint density at radius 2 is 0.890 bits per heavy atom. The van der Waals surface area contributed by atoms with E-state index in [1.807, 2.05) is 91.0 Å². The third-order valence-electron chi connectivity index (χ3n) is 12.2. The Kier molecular flexibility index (Phi) is 19.7. The summed E-state index contributed by atoms with van der Waals surface area (Å²) in [5, 5.41) is 21.1. The van der Waals surface area contributed by atoms with Gasteiger partial charge in [-0.2, -0.15) is 0 Å². The van der Waals surface area contributed by atoms with Gasteiger partial charge in [-0.1, -0.05) is 106 Å². The Morgan fingerprint density at radius 3 is 1.33 bits per heavy atom. The minimum Gasteiger partial charge on any atom is -0.485 e. The quantitative estimate of drug-likeness (QED) is 0.0351. The molecule has 386 valence electrons. The highest BCUT2D eigenvalue weighted by Gasteiger charge is 2.53. The molecular weight excluding hydrogens is 979 g/mol. The zero-order valence-corrected chi connectivity index (χ0v) is 39.8. The molecule has 2 fully saturated rings. The number of ketones is 1. The molecule has 2 heterocycles. The van der Waals surface area contributed by atoms with Crippen LogP contribution in [0.4, 0.5) is 5.69 Å². The summed E-state index contributed by atoms with van der Waals surface area (Å²) in [6.07, 6.45) is -0.301. The number of hydrogen-bond donors (Lipinski definition) is 5. The molecule has 0 aromatic heterocycles. The number of hydrogen-bond acceptors (Lipinski definition) is 14. The lowest BCUT2D eigenvalue weighted by Gasteiger charge is -2.34. The molecule has 0 unspecified atom stereocenters. The molecule has 0 spiro atoms. The molecule has 6 aromatic carbocycles. The van der Waals surface area contributed by atoms with Gasteiger partial charge in [0.2, 0.25) is 0 Å². The van der Waals surface area contributed by atoms with Crippen LogP contribution in [0.15, 0.2) is 168 Å². The lowest BCUT2D eigenvalue weighted by Crippen LogP contribution is -2.54. The van der Waals surface area contributed by atoms with Crippen LogP contribution in [0, 0.1) is 0 Å². The van der Waals surface area contributed by atoms with Crippen LogP contribution in [-0.4, -0.2) is 99.9 Å². The highest BCUT2D eigenvalue weighted by Crippen LogP contribution is 2.37. The summed E-state index contributed by atoms with van der Waals surface area (Å²) in [6, 6.07) is 45.2. The lowest BCUT2D eigenvalue weighted by molar-refractivity contribution is -0.135. The molecule has 0 atom stereocenters. The molecule has 8 rings (SSSR count). The van der Waals surface area contributed by atoms with Crippen molar-refractivity contribution in [3.8, 4) is 33.8 Å². The van der Waals surface area contributed by atoms with E-state index < -0.39 is 41.0 Å². The van der Waals surface area contributed by atoms with Crippen molar-refractivity contribution in [3.63, 3.8) is 0 Å². The van der Waals surface area contributed by atoms with Crippen LogP contribution < -0.4 is 25.8 Å². The minimum absolute atomic E-state index is 0. The topological polar surface area (TPSA) is 250 Å². The van der Waals surface area contributed by atoms with Gasteiger partial charge in [-0.05, 0) is 115 Å². The normalized spacial score (nSPS) is 14.7. The zero-order valence-electron chi connectivity index (χ0n) is 38.2. The Morgan fingerprint density at radius 1 is 0.493 bits per heavy atom. The molecule has 3 amide bonds. The van der Waals surface area contributed by atoms with Crippen molar-refractivity contribution in [2.45, 2.75) is 59.8 Å². The molecule has 5 N–H and O–H groups in total. The maximum Gasteiger partial charge on any atom is 0.265 e. The van der Waals surface area contributed by atoms with Gasteiger partial charge < -0.3 is 24.3 Å². The predicted molar refractivity (Wildman–Crippen MR) is 274 cm³/mol. The van der Waals surface area contributed by atoms with E-state index in [0.29, 0.717) is 17.0 Å². The van der Waals surface area contributed by atoms with Gasteiger partial charge in [-0.15, -0.1) is 0 Å². The number of rotatable bonds is 16. The van der Waals surface area contributed by atoms with Crippen molar-refractivity contribution >= 4 is 48.9 Å². The van der Waals surface area contributed by atoms with Gasteiger partial charge in [0.05, 0.1) is 9.79 Å². The number of amides is 3. The van der Waals surface area contributed by atoms with E-state index in [1.165, 1.54) is 59.5 Å². The molecule has 0 saturated carbocycles. The van der Waals surface area contributed by atoms with Crippen molar-refractivity contribution in [1.29, 1.82) is 0 Å². The number of ether oxygens (including phenoxy) is 4. The lowest BCUT2D eigenvalue weighted by atomic mass is 9.98. The summed E-state index contributed by atoms with van der Waals surface area (Å²) in [4.78, 5) is 49.6. The third kappa shape index (κ3) is 12.9. The van der Waals surface area contributed by atoms with Crippen LogP contribution in [0.3, 0.4) is 0 Å². The molecule has 19 heteroatoms. The Labute approximate surface area is 425 Å². The van der Waals surface area contributed by atoms with Gasteiger partial charge in [-0.3, -0.25) is 29.6 Å². The average molecular weight is 1040 g/mol. The maximum absolute atomic E-state index is 13.3. The number of hydroxylamine groups is 2. The van der Waals surface area contributed by atoms with Crippen LogP contribution in [0.2, 0.25) is 0 Å². The maximum atomic E-state index is 13.3. The summed E-state index contributed by atoms with van der Waals surface area (Å²) in [5.74, 6) is -1.97. The van der Waals surface area contributed by atoms with Crippen LogP contribution in [0.25, 0.3) is 22.3 Å². The SMILES string of the molecule is C.C.O=C(COc1ccc(S(=O)(=O)C2(C(=O)NO)CCOCC2)cc1)Nc1cccc(-c2ccccc2)c1.O=C(COc1ccc(S(=O)(=O)C2(C(=O)NO)CCOCC2)cc1)c1cccc(-c2ccccc2)c1. The van der Waals surface area contributed by atoms with E-state index in [1.54, 1.807) is 18.2 Å². The Bertz CT molecular complexity index is 3040. The van der Waals surface area contributed by atoms with E-state index in [0.717, 1.165) is 22.3 Å². The van der Waals surface area contributed by atoms with Crippen molar-refractivity contribution in [2.75, 3.05) is 45.0 Å². The van der Waals surface area contributed by atoms with Crippen molar-refractivity contribution in [3.05, 3.63) is 163 Å². The monoisotopic (exact) mass is 1040 g/mol. The summed E-state index contributed by atoms with van der Waals surface area (Å²) < 4.78 is 71.1. The Balaban J connectivity index is 0.000000264. The van der Waals surface area contributed by atoms with Gasteiger partial charge in [-0.25, -0.2) is 27.8 Å². The first-order valence-electron chi connectivity index (χ1n) is 22.4. The largest absolute Gasteiger partial charge is 0.485 e. The van der Waals surface area contributed by atoms with E-state index in [9.17, 15) is 36.0 Å². The number of sulfone groups is 2.